The van der Waals surface area contributed by atoms with Gasteiger partial charge in [0.15, 0.2) is 0 Å². The molecule has 0 spiro atoms. The highest BCUT2D eigenvalue weighted by atomic mass is 35.5. The quantitative estimate of drug-likeness (QED) is 0.711. The molecule has 0 aliphatic carbocycles. The van der Waals surface area contributed by atoms with Crippen molar-refractivity contribution < 1.29 is 18.0 Å². The highest BCUT2D eigenvalue weighted by molar-refractivity contribution is 7.93. The Bertz CT molecular complexity index is 1010. The van der Waals surface area contributed by atoms with Crippen molar-refractivity contribution in [3.63, 3.8) is 0 Å². The van der Waals surface area contributed by atoms with E-state index < -0.39 is 15.9 Å². The van der Waals surface area contributed by atoms with Gasteiger partial charge in [0, 0.05) is 24.3 Å². The molecule has 28 heavy (non-hydrogen) atoms. The summed E-state index contributed by atoms with van der Waals surface area (Å²) in [5.74, 6) is -0.978. The van der Waals surface area contributed by atoms with Crippen LogP contribution in [-0.4, -0.2) is 38.2 Å². The molecule has 150 valence electrons. The first-order valence-corrected chi connectivity index (χ1v) is 11.4. The lowest BCUT2D eigenvalue weighted by Gasteiger charge is -2.31. The van der Waals surface area contributed by atoms with Gasteiger partial charge in [-0.2, -0.15) is 0 Å². The van der Waals surface area contributed by atoms with Gasteiger partial charge < -0.3 is 10.6 Å². The van der Waals surface area contributed by atoms with E-state index in [1.807, 2.05) is 0 Å². The van der Waals surface area contributed by atoms with Crippen LogP contribution in [0, 0.1) is 5.92 Å². The molecule has 2 amide bonds. The van der Waals surface area contributed by atoms with Gasteiger partial charge in [-0.1, -0.05) is 23.2 Å². The number of nitrogens with two attached hydrogens (primary N) is 1. The average Bonchev–Trinajstić information content (AvgIpc) is 3.01. The molecule has 1 aromatic carbocycles. The van der Waals surface area contributed by atoms with E-state index in [2.05, 4.69) is 4.72 Å². The minimum Gasteiger partial charge on any atom is -0.369 e. The molecule has 7 nitrogen and oxygen atoms in total. The molecule has 1 saturated heterocycles. The number of likely N-dealkylation sites (tertiary alicyclic amines) is 1. The monoisotopic (exact) mass is 461 g/mol. The van der Waals surface area contributed by atoms with E-state index in [-0.39, 0.29) is 31.1 Å². The molecule has 3 rings (SSSR count). The van der Waals surface area contributed by atoms with Crippen molar-refractivity contribution in [3.05, 3.63) is 44.6 Å². The average molecular weight is 462 g/mol. The second kappa shape index (κ2) is 8.28. The van der Waals surface area contributed by atoms with Crippen molar-refractivity contribution in [3.8, 4) is 0 Å². The molecule has 3 N–H and O–H groups in total. The van der Waals surface area contributed by atoms with E-state index in [0.29, 0.717) is 31.5 Å². The number of primary amides is 1. The summed E-state index contributed by atoms with van der Waals surface area (Å²) in [5.41, 5.74) is 6.02. The number of amides is 2. The Morgan fingerprint density at radius 1 is 1.21 bits per heavy atom. The number of carbonyl (C=O) groups excluding carboxylic acids is 2. The number of nitrogens with zero attached hydrogens (tertiary/aromatic N) is 1. The van der Waals surface area contributed by atoms with E-state index in [9.17, 15) is 18.0 Å². The summed E-state index contributed by atoms with van der Waals surface area (Å²) in [6.07, 6.45) is 1.39. The van der Waals surface area contributed by atoms with Crippen LogP contribution >= 0.6 is 34.5 Å². The predicted octanol–water partition coefficient (Wildman–Crippen LogP) is 3.19. The summed E-state index contributed by atoms with van der Waals surface area (Å²) < 4.78 is 27.6. The molecule has 2 heterocycles. The second-order valence-corrected chi connectivity index (χ2v) is 10.3. The van der Waals surface area contributed by atoms with Crippen molar-refractivity contribution in [2.75, 3.05) is 17.8 Å². The molecule has 2 aromatic rings. The van der Waals surface area contributed by atoms with Crippen LogP contribution in [0.3, 0.4) is 0 Å². The van der Waals surface area contributed by atoms with Gasteiger partial charge in [-0.15, -0.1) is 11.3 Å². The number of nitrogens with one attached hydrogen (secondary N) is 1. The second-order valence-electron chi connectivity index (χ2n) is 6.36. The van der Waals surface area contributed by atoms with Crippen LogP contribution in [0.15, 0.2) is 35.2 Å². The van der Waals surface area contributed by atoms with Gasteiger partial charge in [0.2, 0.25) is 5.91 Å². The molecular weight excluding hydrogens is 445 g/mol. The van der Waals surface area contributed by atoms with E-state index in [0.717, 1.165) is 11.3 Å². The van der Waals surface area contributed by atoms with Gasteiger partial charge in [-0.05, 0) is 43.2 Å². The third-order valence-corrected chi connectivity index (χ3v) is 7.54. The number of sulfonamides is 1. The number of anilines is 1. The molecule has 0 bridgehead atoms. The van der Waals surface area contributed by atoms with Gasteiger partial charge in [-0.25, -0.2) is 8.42 Å². The fraction of sp³-hybridized carbons (Fsp3) is 0.294. The highest BCUT2D eigenvalue weighted by Crippen LogP contribution is 2.35. The topological polar surface area (TPSA) is 110 Å². The predicted molar refractivity (Wildman–Crippen MR) is 109 cm³/mol. The van der Waals surface area contributed by atoms with Gasteiger partial charge in [0.05, 0.1) is 10.3 Å². The molecule has 0 saturated carbocycles. The van der Waals surface area contributed by atoms with Crippen LogP contribution in [0.1, 0.15) is 23.2 Å². The summed E-state index contributed by atoms with van der Waals surface area (Å²) in [5, 5.41) is 0. The van der Waals surface area contributed by atoms with Crippen LogP contribution in [0.5, 0.6) is 0 Å². The van der Waals surface area contributed by atoms with E-state index >= 15 is 0 Å². The van der Waals surface area contributed by atoms with Crippen molar-refractivity contribution in [1.82, 2.24) is 4.90 Å². The Morgan fingerprint density at radius 3 is 2.46 bits per heavy atom. The number of benzene rings is 1. The third-order valence-electron chi connectivity index (χ3n) is 4.41. The number of hydrogen-bond donors (Lipinski definition) is 2. The zero-order chi connectivity index (χ0) is 20.5. The highest BCUT2D eigenvalue weighted by Gasteiger charge is 2.27. The Morgan fingerprint density at radius 2 is 1.89 bits per heavy atom. The van der Waals surface area contributed by atoms with Crippen molar-refractivity contribution in [2.24, 2.45) is 11.7 Å². The van der Waals surface area contributed by atoms with Gasteiger partial charge in [0.25, 0.3) is 15.9 Å². The fourth-order valence-electron chi connectivity index (χ4n) is 2.98. The normalized spacial score (nSPS) is 17.4. The summed E-state index contributed by atoms with van der Waals surface area (Å²) >= 11 is 12.7. The Labute approximate surface area is 176 Å². The number of rotatable bonds is 5. The molecule has 1 aliphatic rings. The molecule has 1 atom stereocenters. The summed E-state index contributed by atoms with van der Waals surface area (Å²) in [6, 6.07) is 7.30. The third kappa shape index (κ3) is 4.60. The van der Waals surface area contributed by atoms with Crippen LogP contribution < -0.4 is 10.5 Å². The maximum Gasteiger partial charge on any atom is 0.264 e. The molecule has 1 aliphatic heterocycles. The van der Waals surface area contributed by atoms with Gasteiger partial charge in [-0.3, -0.25) is 14.3 Å². The first-order valence-electron chi connectivity index (χ1n) is 8.33. The minimum atomic E-state index is -3.90. The minimum absolute atomic E-state index is 0.0680. The number of piperidine rings is 1. The molecule has 1 unspecified atom stereocenters. The standard InChI is InChI=1S/C17H17Cl2N3O4S2/c18-14-8-13(15(19)27-14)28(25,26)21-12-5-3-10(4-6-12)17(24)22-7-1-2-11(9-22)16(20)23/h3-6,8,11,21H,1-2,7,9H2,(H2,20,23). The van der Waals surface area contributed by atoms with E-state index in [4.69, 9.17) is 28.9 Å². The van der Waals surface area contributed by atoms with Crippen LogP contribution in [0.4, 0.5) is 5.69 Å². The lowest BCUT2D eigenvalue weighted by atomic mass is 9.97. The Hall–Kier alpha value is -1.81. The molecule has 0 radical (unpaired) electrons. The number of hydrogen-bond acceptors (Lipinski definition) is 5. The zero-order valence-corrected chi connectivity index (χ0v) is 17.7. The molecule has 1 fully saturated rings. The number of carbonyl (C=O) groups is 2. The van der Waals surface area contributed by atoms with Crippen molar-refractivity contribution in [1.29, 1.82) is 0 Å². The maximum atomic E-state index is 12.6. The zero-order valence-electron chi connectivity index (χ0n) is 14.5. The summed E-state index contributed by atoms with van der Waals surface area (Å²) in [4.78, 5) is 25.5. The van der Waals surface area contributed by atoms with Gasteiger partial charge >= 0.3 is 0 Å². The smallest absolute Gasteiger partial charge is 0.264 e. The lowest BCUT2D eigenvalue weighted by molar-refractivity contribution is -0.123. The summed E-state index contributed by atoms with van der Waals surface area (Å²) in [6.45, 7) is 0.842. The maximum absolute atomic E-state index is 12.6. The fourth-order valence-corrected chi connectivity index (χ4v) is 6.18. The Kier molecular flexibility index (Phi) is 6.18. The van der Waals surface area contributed by atoms with Crippen LogP contribution in [0.2, 0.25) is 8.67 Å². The van der Waals surface area contributed by atoms with Crippen molar-refractivity contribution >= 4 is 62.1 Å². The van der Waals surface area contributed by atoms with E-state index in [1.54, 1.807) is 4.90 Å². The number of halogens is 2. The lowest BCUT2D eigenvalue weighted by Crippen LogP contribution is -2.44. The summed E-state index contributed by atoms with van der Waals surface area (Å²) in [7, 11) is -3.90. The largest absolute Gasteiger partial charge is 0.369 e. The number of thiophene rings is 1. The van der Waals surface area contributed by atoms with Crippen molar-refractivity contribution in [2.45, 2.75) is 17.7 Å². The molecular formula is C17H17Cl2N3O4S2. The first-order chi connectivity index (χ1) is 13.2. The first kappa shape index (κ1) is 20.9. The van der Waals surface area contributed by atoms with E-state index in [1.165, 1.54) is 30.3 Å². The van der Waals surface area contributed by atoms with Crippen LogP contribution in [-0.2, 0) is 14.8 Å². The molecule has 11 heteroatoms. The van der Waals surface area contributed by atoms with Crippen LogP contribution in [0.25, 0.3) is 0 Å². The Balaban J connectivity index is 1.72. The SMILES string of the molecule is NC(=O)C1CCCN(C(=O)c2ccc(NS(=O)(=O)c3cc(Cl)sc3Cl)cc2)C1. The molecule has 1 aromatic heterocycles. The van der Waals surface area contributed by atoms with Gasteiger partial charge in [0.1, 0.15) is 9.23 Å².